The molecule has 0 spiro atoms. The van der Waals surface area contributed by atoms with Crippen molar-refractivity contribution in [1.29, 1.82) is 0 Å². The molecule has 34 heavy (non-hydrogen) atoms. The maximum Gasteiger partial charge on any atom is 0.312 e. The van der Waals surface area contributed by atoms with Gasteiger partial charge in [0.25, 0.3) is 0 Å². The summed E-state index contributed by atoms with van der Waals surface area (Å²) >= 11 is 2.79. The standard InChI is InChI=1S/C27H24N2O3S2/c1-17-11-13-19(14-12-17)28-25(30)22-16-33-26-24(23(22)18-7-6-10-21(15-18)32-2)34-27(31)29(26)20-8-4-3-5-9-20/h3-15,22-23H,16H2,1-2H3,(H,28,30)/t22-,23+/m1/s1. The van der Waals surface area contributed by atoms with Gasteiger partial charge in [0.1, 0.15) is 5.75 Å². The summed E-state index contributed by atoms with van der Waals surface area (Å²) in [7, 11) is 1.63. The number of carbonyl (C=O) groups is 1. The molecule has 3 aromatic carbocycles. The van der Waals surface area contributed by atoms with Gasteiger partial charge in [0.05, 0.1) is 23.7 Å². The first-order valence-electron chi connectivity index (χ1n) is 11.0. The Balaban J connectivity index is 1.59. The van der Waals surface area contributed by atoms with E-state index in [9.17, 15) is 9.59 Å². The molecule has 5 nitrogen and oxygen atoms in total. The van der Waals surface area contributed by atoms with Gasteiger partial charge in [0.15, 0.2) is 0 Å². The van der Waals surface area contributed by atoms with Crippen LogP contribution in [0, 0.1) is 12.8 Å². The summed E-state index contributed by atoms with van der Waals surface area (Å²) in [5.74, 6) is 0.648. The Hall–Kier alpha value is -3.29. The summed E-state index contributed by atoms with van der Waals surface area (Å²) in [4.78, 5) is 27.5. The Kier molecular flexibility index (Phi) is 6.30. The zero-order chi connectivity index (χ0) is 23.7. The van der Waals surface area contributed by atoms with Crippen molar-refractivity contribution in [1.82, 2.24) is 4.57 Å². The molecule has 1 N–H and O–H groups in total. The number of thioether (sulfide) groups is 1. The number of amides is 1. The van der Waals surface area contributed by atoms with Crippen molar-refractivity contribution in [2.24, 2.45) is 5.92 Å². The second-order valence-corrected chi connectivity index (χ2v) is 10.2. The third-order valence-corrected chi connectivity index (χ3v) is 8.36. The minimum absolute atomic E-state index is 0.0452. The van der Waals surface area contributed by atoms with Crippen molar-refractivity contribution >= 4 is 34.7 Å². The highest BCUT2D eigenvalue weighted by Gasteiger charge is 2.39. The molecule has 7 heteroatoms. The first-order valence-corrected chi connectivity index (χ1v) is 12.8. The number of benzene rings is 3. The summed E-state index contributed by atoms with van der Waals surface area (Å²) in [6.07, 6.45) is 0. The van der Waals surface area contributed by atoms with Crippen LogP contribution in [-0.2, 0) is 4.79 Å². The van der Waals surface area contributed by atoms with Crippen LogP contribution in [0.4, 0.5) is 5.69 Å². The van der Waals surface area contributed by atoms with Crippen LogP contribution < -0.4 is 14.9 Å². The minimum Gasteiger partial charge on any atom is -0.497 e. The first kappa shape index (κ1) is 22.5. The number of carbonyl (C=O) groups excluding carboxylic acids is 1. The van der Waals surface area contributed by atoms with Crippen LogP contribution in [0.2, 0.25) is 0 Å². The summed E-state index contributed by atoms with van der Waals surface area (Å²) in [6.45, 7) is 2.02. The molecule has 0 saturated heterocycles. The molecule has 0 bridgehead atoms. The van der Waals surface area contributed by atoms with E-state index in [1.165, 1.54) is 11.3 Å². The highest BCUT2D eigenvalue weighted by atomic mass is 32.2. The largest absolute Gasteiger partial charge is 0.497 e. The number of nitrogens with one attached hydrogen (secondary N) is 1. The van der Waals surface area contributed by atoms with E-state index in [0.29, 0.717) is 5.75 Å². The van der Waals surface area contributed by atoms with Gasteiger partial charge < -0.3 is 10.1 Å². The van der Waals surface area contributed by atoms with Crippen molar-refractivity contribution in [3.05, 3.63) is 105 Å². The van der Waals surface area contributed by atoms with Gasteiger partial charge in [0, 0.05) is 22.2 Å². The third-order valence-electron chi connectivity index (χ3n) is 6.00. The monoisotopic (exact) mass is 488 g/mol. The van der Waals surface area contributed by atoms with Crippen molar-refractivity contribution in [2.75, 3.05) is 18.2 Å². The molecule has 1 aliphatic heterocycles. The lowest BCUT2D eigenvalue weighted by molar-refractivity contribution is -0.119. The predicted octanol–water partition coefficient (Wildman–Crippen LogP) is 5.71. The molecule has 0 unspecified atom stereocenters. The number of ether oxygens (including phenoxy) is 1. The molecular weight excluding hydrogens is 464 g/mol. The number of hydrogen-bond donors (Lipinski definition) is 1. The van der Waals surface area contributed by atoms with Gasteiger partial charge >= 0.3 is 4.87 Å². The van der Waals surface area contributed by atoms with Crippen LogP contribution in [0.25, 0.3) is 5.69 Å². The van der Waals surface area contributed by atoms with E-state index in [2.05, 4.69) is 5.32 Å². The van der Waals surface area contributed by atoms with Crippen molar-refractivity contribution in [3.8, 4) is 11.4 Å². The molecule has 2 atom stereocenters. The molecule has 1 aliphatic rings. The quantitative estimate of drug-likeness (QED) is 0.391. The Labute approximate surface area is 206 Å². The van der Waals surface area contributed by atoms with Gasteiger partial charge in [0.2, 0.25) is 5.91 Å². The second-order valence-electron chi connectivity index (χ2n) is 8.24. The lowest BCUT2D eigenvalue weighted by Crippen LogP contribution is -2.33. The molecule has 172 valence electrons. The van der Waals surface area contributed by atoms with E-state index in [-0.39, 0.29) is 22.6 Å². The zero-order valence-corrected chi connectivity index (χ0v) is 20.5. The van der Waals surface area contributed by atoms with Gasteiger partial charge in [-0.05, 0) is 48.9 Å². The number of fused-ring (bicyclic) bond motifs is 1. The fraction of sp³-hybridized carbons (Fsp3) is 0.185. The number of thiazole rings is 1. The Bertz CT molecular complexity index is 1380. The van der Waals surface area contributed by atoms with E-state index in [1.54, 1.807) is 23.4 Å². The van der Waals surface area contributed by atoms with E-state index in [4.69, 9.17) is 4.74 Å². The number of para-hydroxylation sites is 1. The lowest BCUT2D eigenvalue weighted by Gasteiger charge is -2.31. The lowest BCUT2D eigenvalue weighted by atomic mass is 9.85. The zero-order valence-electron chi connectivity index (χ0n) is 18.9. The summed E-state index contributed by atoms with van der Waals surface area (Å²) in [5, 5.41) is 4.00. The summed E-state index contributed by atoms with van der Waals surface area (Å²) < 4.78 is 7.23. The Morgan fingerprint density at radius 1 is 1.03 bits per heavy atom. The maximum atomic E-state index is 13.5. The summed E-state index contributed by atoms with van der Waals surface area (Å²) in [5.41, 5.74) is 3.71. The first-order chi connectivity index (χ1) is 16.5. The number of rotatable bonds is 5. The number of aryl methyl sites for hydroxylation is 1. The maximum absolute atomic E-state index is 13.5. The molecule has 1 amide bonds. The number of anilines is 1. The fourth-order valence-corrected chi connectivity index (χ4v) is 6.98. The molecule has 5 rings (SSSR count). The smallest absolute Gasteiger partial charge is 0.312 e. The molecule has 0 fully saturated rings. The van der Waals surface area contributed by atoms with Crippen LogP contribution in [-0.4, -0.2) is 23.3 Å². The molecule has 0 aliphatic carbocycles. The number of aromatic nitrogens is 1. The molecule has 4 aromatic rings. The van der Waals surface area contributed by atoms with Gasteiger partial charge in [-0.15, -0.1) is 11.8 Å². The SMILES string of the molecule is COc1cccc([C@@H]2c3sc(=O)n(-c4ccccc4)c3SC[C@H]2C(=O)Nc2ccc(C)cc2)c1. The molecule has 0 saturated carbocycles. The molecule has 0 radical (unpaired) electrons. The van der Waals surface area contributed by atoms with E-state index in [1.807, 2.05) is 85.8 Å². The van der Waals surface area contributed by atoms with Crippen molar-refractivity contribution in [2.45, 2.75) is 17.9 Å². The number of nitrogens with zero attached hydrogens (tertiary/aromatic N) is 1. The van der Waals surface area contributed by atoms with E-state index >= 15 is 0 Å². The Morgan fingerprint density at radius 2 is 1.79 bits per heavy atom. The second kappa shape index (κ2) is 9.52. The predicted molar refractivity (Wildman–Crippen MR) is 139 cm³/mol. The molecule has 2 heterocycles. The van der Waals surface area contributed by atoms with Crippen LogP contribution in [0.15, 0.2) is 88.7 Å². The van der Waals surface area contributed by atoms with Gasteiger partial charge in [-0.3, -0.25) is 14.2 Å². The van der Waals surface area contributed by atoms with Crippen molar-refractivity contribution in [3.63, 3.8) is 0 Å². The van der Waals surface area contributed by atoms with Gasteiger partial charge in [-0.1, -0.05) is 59.4 Å². The average Bonchev–Trinajstić information content (AvgIpc) is 3.21. The highest BCUT2D eigenvalue weighted by molar-refractivity contribution is 7.99. The van der Waals surface area contributed by atoms with Crippen LogP contribution in [0.5, 0.6) is 5.75 Å². The molecular formula is C27H24N2O3S2. The molecule has 1 aromatic heterocycles. The van der Waals surface area contributed by atoms with Crippen LogP contribution in [0.3, 0.4) is 0 Å². The summed E-state index contributed by atoms with van der Waals surface area (Å²) in [6, 6.07) is 25.3. The minimum atomic E-state index is -0.340. The number of methoxy groups -OCH3 is 1. The van der Waals surface area contributed by atoms with Crippen molar-refractivity contribution < 1.29 is 9.53 Å². The van der Waals surface area contributed by atoms with Crippen LogP contribution in [0.1, 0.15) is 21.9 Å². The topological polar surface area (TPSA) is 60.3 Å². The van der Waals surface area contributed by atoms with E-state index < -0.39 is 0 Å². The van der Waals surface area contributed by atoms with Gasteiger partial charge in [-0.25, -0.2) is 0 Å². The highest BCUT2D eigenvalue weighted by Crippen LogP contribution is 2.47. The van der Waals surface area contributed by atoms with Gasteiger partial charge in [-0.2, -0.15) is 0 Å². The third kappa shape index (κ3) is 4.29. The average molecular weight is 489 g/mol. The van der Waals surface area contributed by atoms with Crippen LogP contribution >= 0.6 is 23.1 Å². The van der Waals surface area contributed by atoms with E-state index in [0.717, 1.165) is 38.2 Å². The fourth-order valence-electron chi connectivity index (χ4n) is 4.27. The number of hydrogen-bond acceptors (Lipinski definition) is 5. The normalized spacial score (nSPS) is 17.1. The Morgan fingerprint density at radius 3 is 2.53 bits per heavy atom.